The number of hydrogen-bond donors (Lipinski definition) is 1. The topological polar surface area (TPSA) is 55.8 Å². The average molecular weight is 735 g/mol. The SMILES string of the molecule is CCCCCCCCC/C=C\CCCCCCCCOCC(CO)OC(=O)CCCCCCCCCCCCCCCCCCCCCCCCC. The Bertz CT molecular complexity index is 692. The van der Waals surface area contributed by atoms with E-state index in [2.05, 4.69) is 26.0 Å². The number of carbonyl (C=O) groups excluding carboxylic acids is 1. The lowest BCUT2D eigenvalue weighted by Crippen LogP contribution is -2.27. The molecule has 1 unspecified atom stereocenters. The molecule has 52 heavy (non-hydrogen) atoms. The Morgan fingerprint density at radius 2 is 0.750 bits per heavy atom. The van der Waals surface area contributed by atoms with E-state index in [0.29, 0.717) is 19.6 Å². The maximum atomic E-state index is 12.2. The number of aliphatic hydroxyl groups excluding tert-OH is 1. The van der Waals surface area contributed by atoms with E-state index >= 15 is 0 Å². The third-order valence-electron chi connectivity index (χ3n) is 10.8. The Balaban J connectivity index is 3.36. The van der Waals surface area contributed by atoms with Crippen molar-refractivity contribution in [1.82, 2.24) is 0 Å². The molecule has 0 aliphatic heterocycles. The number of rotatable bonds is 45. The summed E-state index contributed by atoms with van der Waals surface area (Å²) in [7, 11) is 0. The lowest BCUT2D eigenvalue weighted by atomic mass is 10.0. The molecule has 0 heterocycles. The fraction of sp³-hybridized carbons (Fsp3) is 0.938. The molecular formula is C48H94O4. The Labute approximate surface area is 326 Å². The Morgan fingerprint density at radius 3 is 1.10 bits per heavy atom. The average Bonchev–Trinajstić information content (AvgIpc) is 3.15. The summed E-state index contributed by atoms with van der Waals surface area (Å²) in [5.74, 6) is -0.196. The molecule has 0 bridgehead atoms. The molecule has 0 aliphatic carbocycles. The molecule has 4 nitrogen and oxygen atoms in total. The maximum Gasteiger partial charge on any atom is 0.306 e. The van der Waals surface area contributed by atoms with Gasteiger partial charge in [0.15, 0.2) is 0 Å². The van der Waals surface area contributed by atoms with Crippen LogP contribution in [0.4, 0.5) is 0 Å². The van der Waals surface area contributed by atoms with Crippen molar-refractivity contribution in [2.45, 2.75) is 270 Å². The molecule has 0 aromatic heterocycles. The predicted molar refractivity (Wildman–Crippen MR) is 228 cm³/mol. The van der Waals surface area contributed by atoms with E-state index in [1.54, 1.807) is 0 Å². The molecule has 0 rings (SSSR count). The quantitative estimate of drug-likeness (QED) is 0.0384. The summed E-state index contributed by atoms with van der Waals surface area (Å²) in [5.41, 5.74) is 0. The van der Waals surface area contributed by atoms with Gasteiger partial charge in [-0.15, -0.1) is 0 Å². The fourth-order valence-corrected chi connectivity index (χ4v) is 7.27. The van der Waals surface area contributed by atoms with Crippen LogP contribution in [0.25, 0.3) is 0 Å². The van der Waals surface area contributed by atoms with Crippen LogP contribution in [-0.2, 0) is 14.3 Å². The summed E-state index contributed by atoms with van der Waals surface area (Å²) in [5, 5.41) is 9.62. The van der Waals surface area contributed by atoms with E-state index in [4.69, 9.17) is 9.47 Å². The zero-order valence-corrected chi connectivity index (χ0v) is 35.6. The molecule has 0 saturated carbocycles. The highest BCUT2D eigenvalue weighted by molar-refractivity contribution is 5.69. The number of hydrogen-bond acceptors (Lipinski definition) is 4. The molecule has 0 aromatic rings. The summed E-state index contributed by atoms with van der Waals surface area (Å²) in [6, 6.07) is 0. The molecule has 310 valence electrons. The maximum absolute atomic E-state index is 12.2. The second-order valence-corrected chi connectivity index (χ2v) is 16.2. The van der Waals surface area contributed by atoms with Gasteiger partial charge in [0.2, 0.25) is 0 Å². The minimum atomic E-state index is -0.532. The van der Waals surface area contributed by atoms with Gasteiger partial charge in [-0.2, -0.15) is 0 Å². The van der Waals surface area contributed by atoms with Gasteiger partial charge in [-0.1, -0.05) is 231 Å². The summed E-state index contributed by atoms with van der Waals surface area (Å²) in [4.78, 5) is 12.2. The number of ether oxygens (including phenoxy) is 2. The van der Waals surface area contributed by atoms with Crippen LogP contribution < -0.4 is 0 Å². The first kappa shape index (κ1) is 51.1. The van der Waals surface area contributed by atoms with Crippen molar-refractivity contribution >= 4 is 5.97 Å². The summed E-state index contributed by atoms with van der Waals surface area (Å²) in [6.45, 7) is 5.38. The van der Waals surface area contributed by atoms with Gasteiger partial charge >= 0.3 is 5.97 Å². The first-order chi connectivity index (χ1) is 25.7. The molecule has 1 atom stereocenters. The van der Waals surface area contributed by atoms with Crippen LogP contribution in [0.3, 0.4) is 0 Å². The van der Waals surface area contributed by atoms with Crippen molar-refractivity contribution in [1.29, 1.82) is 0 Å². The minimum Gasteiger partial charge on any atom is -0.457 e. The number of allylic oxidation sites excluding steroid dienone is 2. The van der Waals surface area contributed by atoms with Gasteiger partial charge in [0.05, 0.1) is 13.2 Å². The first-order valence-electron chi connectivity index (χ1n) is 23.8. The van der Waals surface area contributed by atoms with E-state index in [1.165, 1.54) is 225 Å². The third-order valence-corrected chi connectivity index (χ3v) is 10.8. The van der Waals surface area contributed by atoms with E-state index in [1.807, 2.05) is 0 Å². The molecule has 0 saturated heterocycles. The van der Waals surface area contributed by atoms with Gasteiger partial charge in [0, 0.05) is 13.0 Å². The number of carbonyl (C=O) groups is 1. The van der Waals surface area contributed by atoms with Gasteiger partial charge in [-0.3, -0.25) is 4.79 Å². The molecule has 0 aliphatic rings. The lowest BCUT2D eigenvalue weighted by molar-refractivity contribution is -0.154. The Hall–Kier alpha value is -0.870. The molecule has 4 heteroatoms. The van der Waals surface area contributed by atoms with E-state index in [0.717, 1.165) is 19.3 Å². The number of esters is 1. The van der Waals surface area contributed by atoms with Crippen molar-refractivity contribution in [2.24, 2.45) is 0 Å². The van der Waals surface area contributed by atoms with Gasteiger partial charge in [0.25, 0.3) is 0 Å². The van der Waals surface area contributed by atoms with Crippen molar-refractivity contribution in [3.63, 3.8) is 0 Å². The number of unbranched alkanes of at least 4 members (excludes halogenated alkanes) is 35. The Kier molecular flexibility index (Phi) is 45.5. The zero-order valence-electron chi connectivity index (χ0n) is 35.6. The van der Waals surface area contributed by atoms with Gasteiger partial charge in [0.1, 0.15) is 6.10 Å². The summed E-state index contributed by atoms with van der Waals surface area (Å²) >= 11 is 0. The van der Waals surface area contributed by atoms with Crippen LogP contribution in [0.2, 0.25) is 0 Å². The van der Waals surface area contributed by atoms with E-state index < -0.39 is 6.10 Å². The van der Waals surface area contributed by atoms with Crippen LogP contribution in [0.15, 0.2) is 12.2 Å². The largest absolute Gasteiger partial charge is 0.457 e. The monoisotopic (exact) mass is 735 g/mol. The molecular weight excluding hydrogens is 641 g/mol. The van der Waals surface area contributed by atoms with Crippen LogP contribution in [0.1, 0.15) is 264 Å². The third kappa shape index (κ3) is 43.5. The van der Waals surface area contributed by atoms with Gasteiger partial charge in [-0.25, -0.2) is 0 Å². The van der Waals surface area contributed by atoms with Crippen LogP contribution in [0.5, 0.6) is 0 Å². The van der Waals surface area contributed by atoms with Crippen LogP contribution in [0, 0.1) is 0 Å². The standard InChI is InChI=1S/C48H94O4/c1-3-5-7-9-11-13-15-17-19-21-22-23-24-25-26-27-29-31-33-35-37-39-41-43-48(50)52-47(45-49)46-51-44-42-40-38-36-34-32-30-28-20-18-16-14-12-10-8-6-4-2/h20,28,47,49H,3-19,21-27,29-46H2,1-2H3/b28-20-. The first-order valence-corrected chi connectivity index (χ1v) is 23.8. The lowest BCUT2D eigenvalue weighted by Gasteiger charge is -2.15. The highest BCUT2D eigenvalue weighted by Crippen LogP contribution is 2.16. The Morgan fingerprint density at radius 1 is 0.442 bits per heavy atom. The molecule has 0 aromatic carbocycles. The summed E-state index contributed by atoms with van der Waals surface area (Å²) in [6.07, 6.45) is 55.8. The smallest absolute Gasteiger partial charge is 0.306 e. The highest BCUT2D eigenvalue weighted by atomic mass is 16.6. The second-order valence-electron chi connectivity index (χ2n) is 16.2. The van der Waals surface area contributed by atoms with Crippen molar-refractivity contribution < 1.29 is 19.4 Å². The molecule has 1 N–H and O–H groups in total. The van der Waals surface area contributed by atoms with Crippen molar-refractivity contribution in [3.8, 4) is 0 Å². The molecule has 0 radical (unpaired) electrons. The highest BCUT2D eigenvalue weighted by Gasteiger charge is 2.13. The normalized spacial score (nSPS) is 12.3. The minimum absolute atomic E-state index is 0.168. The number of aliphatic hydroxyl groups is 1. The second kappa shape index (κ2) is 46.3. The van der Waals surface area contributed by atoms with Gasteiger partial charge in [-0.05, 0) is 38.5 Å². The van der Waals surface area contributed by atoms with Crippen molar-refractivity contribution in [2.75, 3.05) is 19.8 Å². The molecule has 0 fully saturated rings. The van der Waals surface area contributed by atoms with Crippen molar-refractivity contribution in [3.05, 3.63) is 12.2 Å². The van der Waals surface area contributed by atoms with Crippen LogP contribution >= 0.6 is 0 Å². The van der Waals surface area contributed by atoms with E-state index in [9.17, 15) is 9.90 Å². The predicted octanol–water partition coefficient (Wildman–Crippen LogP) is 15.7. The molecule has 0 spiro atoms. The fourth-order valence-electron chi connectivity index (χ4n) is 7.27. The van der Waals surface area contributed by atoms with Gasteiger partial charge < -0.3 is 14.6 Å². The van der Waals surface area contributed by atoms with E-state index in [-0.39, 0.29) is 12.6 Å². The summed E-state index contributed by atoms with van der Waals surface area (Å²) < 4.78 is 11.2. The molecule has 0 amide bonds. The van der Waals surface area contributed by atoms with Crippen LogP contribution in [-0.4, -0.2) is 37.0 Å². The zero-order chi connectivity index (χ0) is 37.7.